The first-order valence-electron chi connectivity index (χ1n) is 9.29. The lowest BCUT2D eigenvalue weighted by Crippen LogP contribution is -2.23. The van der Waals surface area contributed by atoms with Crippen molar-refractivity contribution in [1.29, 1.82) is 0 Å². The summed E-state index contributed by atoms with van der Waals surface area (Å²) in [5.41, 5.74) is 1.90. The third-order valence-corrected chi connectivity index (χ3v) is 5.16. The molecule has 0 radical (unpaired) electrons. The van der Waals surface area contributed by atoms with Gasteiger partial charge in [-0.1, -0.05) is 18.6 Å². The van der Waals surface area contributed by atoms with E-state index in [1.54, 1.807) is 0 Å². The lowest BCUT2D eigenvalue weighted by Gasteiger charge is -2.17. The molecule has 2 aromatic rings. The van der Waals surface area contributed by atoms with E-state index in [9.17, 15) is 4.79 Å². The first-order valence-corrected chi connectivity index (χ1v) is 9.29. The Kier molecular flexibility index (Phi) is 4.63. The van der Waals surface area contributed by atoms with Crippen molar-refractivity contribution < 1.29 is 4.79 Å². The Balaban J connectivity index is 1.48. The van der Waals surface area contributed by atoms with Crippen LogP contribution in [0.1, 0.15) is 44.3 Å². The molecular formula is C20H24N4O. The fourth-order valence-electron chi connectivity index (χ4n) is 3.68. The van der Waals surface area contributed by atoms with Crippen LogP contribution in [0.5, 0.6) is 0 Å². The largest absolute Gasteiger partial charge is 0.326 e. The number of anilines is 1. The number of amides is 1. The number of nitrogens with one attached hydrogen (secondary N) is 1. The summed E-state index contributed by atoms with van der Waals surface area (Å²) in [7, 11) is 0. The highest BCUT2D eigenvalue weighted by molar-refractivity contribution is 5.92. The van der Waals surface area contributed by atoms with Crippen LogP contribution in [0.3, 0.4) is 0 Å². The number of allylic oxidation sites excluding steroid dienone is 2. The molecule has 0 spiro atoms. The summed E-state index contributed by atoms with van der Waals surface area (Å²) in [5.74, 6) is 2.24. The fourth-order valence-corrected chi connectivity index (χ4v) is 3.68. The maximum Gasteiger partial charge on any atom is 0.227 e. The molecule has 0 fully saturated rings. The monoisotopic (exact) mass is 336 g/mol. The van der Waals surface area contributed by atoms with Gasteiger partial charge in [-0.15, -0.1) is 10.2 Å². The molecule has 1 aliphatic heterocycles. The van der Waals surface area contributed by atoms with E-state index in [4.69, 9.17) is 0 Å². The molecule has 5 heteroatoms. The zero-order valence-corrected chi connectivity index (χ0v) is 14.4. The van der Waals surface area contributed by atoms with Gasteiger partial charge in [-0.05, 0) is 56.4 Å². The molecule has 5 nitrogen and oxygen atoms in total. The van der Waals surface area contributed by atoms with Crippen molar-refractivity contribution in [2.24, 2.45) is 5.92 Å². The molecule has 4 rings (SSSR count). The van der Waals surface area contributed by atoms with Gasteiger partial charge < -0.3 is 9.88 Å². The zero-order chi connectivity index (χ0) is 17.1. The summed E-state index contributed by atoms with van der Waals surface area (Å²) >= 11 is 0. The first-order chi connectivity index (χ1) is 12.3. The molecule has 1 aliphatic carbocycles. The zero-order valence-electron chi connectivity index (χ0n) is 14.4. The van der Waals surface area contributed by atoms with Gasteiger partial charge in [-0.25, -0.2) is 0 Å². The Bertz CT molecular complexity index is 775. The summed E-state index contributed by atoms with van der Waals surface area (Å²) in [6.45, 7) is 0.991. The molecule has 0 saturated carbocycles. The second-order valence-electron chi connectivity index (χ2n) is 6.95. The number of hydrogen-bond acceptors (Lipinski definition) is 3. The van der Waals surface area contributed by atoms with E-state index >= 15 is 0 Å². The SMILES string of the molecule is O=C(Nc1ccc(-c2nnc3n2CCCCC3)cc1)[C@@H]1CC=CCC1. The van der Waals surface area contributed by atoms with Crippen LogP contribution in [0.15, 0.2) is 36.4 Å². The van der Waals surface area contributed by atoms with Crippen LogP contribution in [0.2, 0.25) is 0 Å². The van der Waals surface area contributed by atoms with Crippen LogP contribution in [-0.2, 0) is 17.8 Å². The van der Waals surface area contributed by atoms with Crippen molar-refractivity contribution in [2.75, 3.05) is 5.32 Å². The maximum absolute atomic E-state index is 12.3. The number of rotatable bonds is 3. The number of carbonyl (C=O) groups excluding carboxylic acids is 1. The molecular weight excluding hydrogens is 312 g/mol. The minimum Gasteiger partial charge on any atom is -0.326 e. The number of benzene rings is 1. The highest BCUT2D eigenvalue weighted by Gasteiger charge is 2.19. The Morgan fingerprint density at radius 3 is 2.76 bits per heavy atom. The van der Waals surface area contributed by atoms with E-state index in [2.05, 4.69) is 32.2 Å². The van der Waals surface area contributed by atoms with E-state index in [1.165, 1.54) is 19.3 Å². The summed E-state index contributed by atoms with van der Waals surface area (Å²) in [5, 5.41) is 11.8. The number of aromatic nitrogens is 3. The van der Waals surface area contributed by atoms with Crippen LogP contribution in [-0.4, -0.2) is 20.7 Å². The van der Waals surface area contributed by atoms with E-state index < -0.39 is 0 Å². The van der Waals surface area contributed by atoms with E-state index in [0.29, 0.717) is 0 Å². The average Bonchev–Trinajstić information content (AvgIpc) is 2.91. The number of hydrogen-bond donors (Lipinski definition) is 1. The van der Waals surface area contributed by atoms with Gasteiger partial charge in [-0.3, -0.25) is 4.79 Å². The number of fused-ring (bicyclic) bond motifs is 1. The van der Waals surface area contributed by atoms with E-state index in [-0.39, 0.29) is 11.8 Å². The molecule has 1 N–H and O–H groups in total. The summed E-state index contributed by atoms with van der Waals surface area (Å²) < 4.78 is 2.24. The molecule has 0 saturated heterocycles. The predicted octanol–water partition coefficient (Wildman–Crippen LogP) is 3.97. The molecule has 25 heavy (non-hydrogen) atoms. The molecule has 0 unspecified atom stereocenters. The topological polar surface area (TPSA) is 59.8 Å². The van der Waals surface area contributed by atoms with Crippen molar-refractivity contribution in [3.05, 3.63) is 42.2 Å². The quantitative estimate of drug-likeness (QED) is 0.863. The lowest BCUT2D eigenvalue weighted by atomic mass is 9.93. The lowest BCUT2D eigenvalue weighted by molar-refractivity contribution is -0.120. The normalized spacial score (nSPS) is 19.9. The predicted molar refractivity (Wildman–Crippen MR) is 98.1 cm³/mol. The summed E-state index contributed by atoms with van der Waals surface area (Å²) in [4.78, 5) is 12.3. The molecule has 2 aliphatic rings. The Hall–Kier alpha value is -2.43. The van der Waals surface area contributed by atoms with Gasteiger partial charge in [0.15, 0.2) is 5.82 Å². The van der Waals surface area contributed by atoms with Crippen LogP contribution in [0.4, 0.5) is 5.69 Å². The van der Waals surface area contributed by atoms with Gasteiger partial charge in [0.25, 0.3) is 0 Å². The Labute approximate surface area is 148 Å². The minimum absolute atomic E-state index is 0.0944. The molecule has 2 heterocycles. The highest BCUT2D eigenvalue weighted by atomic mass is 16.1. The summed E-state index contributed by atoms with van der Waals surface area (Å²) in [6, 6.07) is 7.98. The first kappa shape index (κ1) is 16.1. The second kappa shape index (κ2) is 7.21. The van der Waals surface area contributed by atoms with Crippen molar-refractivity contribution in [1.82, 2.24) is 14.8 Å². The van der Waals surface area contributed by atoms with Crippen LogP contribution < -0.4 is 5.32 Å². The third kappa shape index (κ3) is 3.50. The van der Waals surface area contributed by atoms with Crippen molar-refractivity contribution in [3.8, 4) is 11.4 Å². The Morgan fingerprint density at radius 1 is 1.08 bits per heavy atom. The Morgan fingerprint density at radius 2 is 1.96 bits per heavy atom. The number of nitrogens with zero attached hydrogens (tertiary/aromatic N) is 3. The fraction of sp³-hybridized carbons (Fsp3) is 0.450. The molecule has 0 bridgehead atoms. The van der Waals surface area contributed by atoms with Crippen molar-refractivity contribution in [3.63, 3.8) is 0 Å². The average molecular weight is 336 g/mol. The summed E-state index contributed by atoms with van der Waals surface area (Å²) in [6.07, 6.45) is 11.7. The third-order valence-electron chi connectivity index (χ3n) is 5.16. The van der Waals surface area contributed by atoms with Gasteiger partial charge in [0.05, 0.1) is 0 Å². The minimum atomic E-state index is 0.0944. The van der Waals surface area contributed by atoms with Gasteiger partial charge >= 0.3 is 0 Å². The van der Waals surface area contributed by atoms with Gasteiger partial charge in [0, 0.05) is 30.1 Å². The molecule has 1 aromatic heterocycles. The van der Waals surface area contributed by atoms with Gasteiger partial charge in [0.1, 0.15) is 5.82 Å². The standard InChI is InChI=1S/C20H24N4O/c25-20(16-7-3-1-4-8-16)21-17-12-10-15(11-13-17)19-23-22-18-9-5-2-6-14-24(18)19/h1,3,10-13,16H,2,4-9,14H2,(H,21,25)/t16-/m1/s1. The molecule has 1 amide bonds. The highest BCUT2D eigenvalue weighted by Crippen LogP contribution is 2.25. The second-order valence-corrected chi connectivity index (χ2v) is 6.95. The van der Waals surface area contributed by atoms with Crippen LogP contribution >= 0.6 is 0 Å². The van der Waals surface area contributed by atoms with Crippen molar-refractivity contribution >= 4 is 11.6 Å². The van der Waals surface area contributed by atoms with Gasteiger partial charge in [0.2, 0.25) is 5.91 Å². The van der Waals surface area contributed by atoms with E-state index in [0.717, 1.165) is 55.1 Å². The number of aryl methyl sites for hydroxylation is 1. The van der Waals surface area contributed by atoms with Gasteiger partial charge in [-0.2, -0.15) is 0 Å². The molecule has 130 valence electrons. The van der Waals surface area contributed by atoms with Crippen LogP contribution in [0.25, 0.3) is 11.4 Å². The smallest absolute Gasteiger partial charge is 0.227 e. The maximum atomic E-state index is 12.3. The molecule has 1 atom stereocenters. The van der Waals surface area contributed by atoms with Crippen LogP contribution in [0, 0.1) is 5.92 Å². The molecule has 1 aromatic carbocycles. The number of carbonyl (C=O) groups is 1. The van der Waals surface area contributed by atoms with Crippen molar-refractivity contribution in [2.45, 2.75) is 51.5 Å². The van der Waals surface area contributed by atoms with E-state index in [1.807, 2.05) is 24.3 Å².